The quantitative estimate of drug-likeness (QED) is 0.785. The Morgan fingerprint density at radius 1 is 0.962 bits per heavy atom. The van der Waals surface area contributed by atoms with E-state index in [9.17, 15) is 9.90 Å². The maximum Gasteiger partial charge on any atom is 0.335 e. The second-order valence-corrected chi connectivity index (χ2v) is 6.56. The number of fused-ring (bicyclic) bond motifs is 1. The minimum absolute atomic E-state index is 0.226. The van der Waals surface area contributed by atoms with E-state index in [1.165, 1.54) is 0 Å². The fraction of sp³-hybridized carbons (Fsp3) is 0.250. The molecule has 0 amide bonds. The van der Waals surface area contributed by atoms with Crippen molar-refractivity contribution in [2.24, 2.45) is 0 Å². The van der Waals surface area contributed by atoms with E-state index in [0.717, 1.165) is 43.3 Å². The lowest BCUT2D eigenvalue weighted by molar-refractivity contribution is 0.0697. The number of carboxylic acids is 1. The van der Waals surface area contributed by atoms with Gasteiger partial charge in [0.25, 0.3) is 0 Å². The topological polar surface area (TPSA) is 69.6 Å². The Hall–Kier alpha value is -2.99. The molecule has 2 aromatic carbocycles. The molecule has 6 heteroatoms. The van der Waals surface area contributed by atoms with Crippen LogP contribution in [0.3, 0.4) is 0 Å². The second kappa shape index (κ2) is 6.72. The van der Waals surface area contributed by atoms with Crippen LogP contribution >= 0.6 is 0 Å². The normalized spacial score (nSPS) is 15.3. The molecule has 0 bridgehead atoms. The Bertz CT molecular complexity index is 951. The first-order chi connectivity index (χ1) is 12.6. The van der Waals surface area contributed by atoms with Gasteiger partial charge >= 0.3 is 5.97 Å². The van der Waals surface area contributed by atoms with Gasteiger partial charge in [0.2, 0.25) is 0 Å². The molecule has 1 N–H and O–H groups in total. The van der Waals surface area contributed by atoms with E-state index in [0.29, 0.717) is 11.0 Å². The summed E-state index contributed by atoms with van der Waals surface area (Å²) in [5.74, 6) is -0.138. The van der Waals surface area contributed by atoms with Gasteiger partial charge in [-0.3, -0.25) is 0 Å². The van der Waals surface area contributed by atoms with Crippen LogP contribution in [0.2, 0.25) is 0 Å². The number of carbonyl (C=O) groups is 1. The molecule has 0 spiro atoms. The van der Waals surface area contributed by atoms with Gasteiger partial charge in [-0.25, -0.2) is 14.8 Å². The van der Waals surface area contributed by atoms with Crippen molar-refractivity contribution < 1.29 is 9.90 Å². The summed E-state index contributed by atoms with van der Waals surface area (Å²) in [5, 5.41) is 9.26. The van der Waals surface area contributed by atoms with Crippen LogP contribution in [-0.2, 0) is 0 Å². The lowest BCUT2D eigenvalue weighted by Gasteiger charge is -2.34. The van der Waals surface area contributed by atoms with Crippen LogP contribution in [0.1, 0.15) is 10.4 Å². The number of carboxylic acid groups (broad SMARTS) is 1. The minimum atomic E-state index is -0.956. The molecule has 0 radical (unpaired) electrons. The van der Waals surface area contributed by atoms with Crippen LogP contribution < -0.4 is 4.90 Å². The number of hydrogen-bond acceptors (Lipinski definition) is 5. The highest BCUT2D eigenvalue weighted by Crippen LogP contribution is 2.30. The van der Waals surface area contributed by atoms with Gasteiger partial charge in [0, 0.05) is 31.7 Å². The molecule has 3 aromatic rings. The Labute approximate surface area is 151 Å². The standard InChI is InChI=1S/C20H20N4O2/c1-23-9-11-24(12-10-23)19-18(14-5-3-2-4-6-14)21-16-8-7-15(20(25)26)13-17(16)22-19/h2-8,13H,9-12H2,1H3,(H,25,26). The zero-order valence-electron chi connectivity index (χ0n) is 14.6. The fourth-order valence-electron chi connectivity index (χ4n) is 3.21. The third-order valence-corrected chi connectivity index (χ3v) is 4.74. The first kappa shape index (κ1) is 16.5. The van der Waals surface area contributed by atoms with Crippen molar-refractivity contribution in [3.8, 4) is 11.3 Å². The number of benzene rings is 2. The predicted octanol–water partition coefficient (Wildman–Crippen LogP) is 2.75. The zero-order chi connectivity index (χ0) is 18.1. The average Bonchev–Trinajstić information content (AvgIpc) is 2.68. The van der Waals surface area contributed by atoms with Crippen LogP contribution in [0.25, 0.3) is 22.3 Å². The van der Waals surface area contributed by atoms with Gasteiger partial charge in [-0.1, -0.05) is 30.3 Å². The Balaban J connectivity index is 1.88. The lowest BCUT2D eigenvalue weighted by atomic mass is 10.1. The number of nitrogens with zero attached hydrogens (tertiary/aromatic N) is 4. The van der Waals surface area contributed by atoms with Crippen molar-refractivity contribution in [3.63, 3.8) is 0 Å². The van der Waals surface area contributed by atoms with E-state index in [2.05, 4.69) is 16.8 Å². The molecule has 0 unspecified atom stereocenters. The lowest BCUT2D eigenvalue weighted by Crippen LogP contribution is -2.45. The van der Waals surface area contributed by atoms with Gasteiger partial charge in [0.15, 0.2) is 5.82 Å². The summed E-state index contributed by atoms with van der Waals surface area (Å²) in [7, 11) is 2.11. The Morgan fingerprint density at radius 2 is 1.69 bits per heavy atom. The molecule has 4 rings (SSSR count). The Morgan fingerprint density at radius 3 is 2.38 bits per heavy atom. The molecule has 132 valence electrons. The van der Waals surface area contributed by atoms with Crippen LogP contribution in [0, 0.1) is 0 Å². The summed E-state index contributed by atoms with van der Waals surface area (Å²) < 4.78 is 0. The number of aromatic nitrogens is 2. The fourth-order valence-corrected chi connectivity index (χ4v) is 3.21. The molecule has 1 fully saturated rings. The zero-order valence-corrected chi connectivity index (χ0v) is 14.6. The summed E-state index contributed by atoms with van der Waals surface area (Å²) in [6.45, 7) is 3.66. The van der Waals surface area contributed by atoms with E-state index >= 15 is 0 Å². The molecule has 1 aromatic heterocycles. The highest BCUT2D eigenvalue weighted by molar-refractivity contribution is 5.93. The molecule has 2 heterocycles. The third kappa shape index (κ3) is 3.11. The summed E-state index contributed by atoms with van der Waals surface area (Å²) >= 11 is 0. The first-order valence-electron chi connectivity index (χ1n) is 8.66. The average molecular weight is 348 g/mol. The van der Waals surface area contributed by atoms with Crippen molar-refractivity contribution >= 4 is 22.8 Å². The van der Waals surface area contributed by atoms with Crippen LogP contribution in [0.5, 0.6) is 0 Å². The molecular weight excluding hydrogens is 328 g/mol. The van der Waals surface area contributed by atoms with E-state index in [1.807, 2.05) is 30.3 Å². The largest absolute Gasteiger partial charge is 0.478 e. The number of likely N-dealkylation sites (N-methyl/N-ethyl adjacent to an activating group) is 1. The monoisotopic (exact) mass is 348 g/mol. The van der Waals surface area contributed by atoms with E-state index in [4.69, 9.17) is 9.97 Å². The maximum atomic E-state index is 11.3. The van der Waals surface area contributed by atoms with Crippen molar-refractivity contribution in [2.75, 3.05) is 38.1 Å². The van der Waals surface area contributed by atoms with Crippen molar-refractivity contribution in [1.29, 1.82) is 0 Å². The highest BCUT2D eigenvalue weighted by atomic mass is 16.4. The molecule has 0 saturated carbocycles. The van der Waals surface area contributed by atoms with Gasteiger partial charge in [-0.15, -0.1) is 0 Å². The first-order valence-corrected chi connectivity index (χ1v) is 8.66. The second-order valence-electron chi connectivity index (χ2n) is 6.56. The van der Waals surface area contributed by atoms with Gasteiger partial charge in [0.05, 0.1) is 16.6 Å². The molecule has 1 aliphatic rings. The molecule has 1 aliphatic heterocycles. The van der Waals surface area contributed by atoms with Crippen LogP contribution in [0.4, 0.5) is 5.82 Å². The third-order valence-electron chi connectivity index (χ3n) is 4.74. The summed E-state index contributed by atoms with van der Waals surface area (Å²) in [4.78, 5) is 25.5. The molecule has 26 heavy (non-hydrogen) atoms. The molecule has 6 nitrogen and oxygen atoms in total. The smallest absolute Gasteiger partial charge is 0.335 e. The number of piperazine rings is 1. The van der Waals surface area contributed by atoms with E-state index < -0.39 is 5.97 Å². The number of hydrogen-bond donors (Lipinski definition) is 1. The molecule has 0 atom stereocenters. The molecule has 1 saturated heterocycles. The van der Waals surface area contributed by atoms with Crippen molar-refractivity contribution in [2.45, 2.75) is 0 Å². The summed E-state index contributed by atoms with van der Waals surface area (Å²) in [5.41, 5.74) is 3.39. The molecule has 0 aliphatic carbocycles. The predicted molar refractivity (Wildman–Crippen MR) is 102 cm³/mol. The maximum absolute atomic E-state index is 11.3. The summed E-state index contributed by atoms with van der Waals surface area (Å²) in [6.07, 6.45) is 0. The van der Waals surface area contributed by atoms with Gasteiger partial charge in [0.1, 0.15) is 5.69 Å². The van der Waals surface area contributed by atoms with Crippen LogP contribution in [0.15, 0.2) is 48.5 Å². The van der Waals surface area contributed by atoms with E-state index in [1.54, 1.807) is 18.2 Å². The van der Waals surface area contributed by atoms with Crippen LogP contribution in [-0.4, -0.2) is 59.2 Å². The van der Waals surface area contributed by atoms with Crippen molar-refractivity contribution in [3.05, 3.63) is 54.1 Å². The van der Waals surface area contributed by atoms with Gasteiger partial charge in [-0.05, 0) is 25.2 Å². The number of rotatable bonds is 3. The number of anilines is 1. The minimum Gasteiger partial charge on any atom is -0.478 e. The van der Waals surface area contributed by atoms with E-state index in [-0.39, 0.29) is 5.56 Å². The summed E-state index contributed by atoms with van der Waals surface area (Å²) in [6, 6.07) is 14.9. The van der Waals surface area contributed by atoms with Gasteiger partial charge in [-0.2, -0.15) is 0 Å². The highest BCUT2D eigenvalue weighted by Gasteiger charge is 2.21. The van der Waals surface area contributed by atoms with Crippen molar-refractivity contribution in [1.82, 2.24) is 14.9 Å². The number of aromatic carboxylic acids is 1. The SMILES string of the molecule is CN1CCN(c2nc3cc(C(=O)O)ccc3nc2-c2ccccc2)CC1. The Kier molecular flexibility index (Phi) is 4.26. The van der Waals surface area contributed by atoms with Gasteiger partial charge < -0.3 is 14.9 Å². The molecular formula is C20H20N4O2.